The van der Waals surface area contributed by atoms with E-state index in [2.05, 4.69) is 50.4 Å². The van der Waals surface area contributed by atoms with E-state index in [1.165, 1.54) is 44.2 Å². The van der Waals surface area contributed by atoms with E-state index < -0.39 is 0 Å². The zero-order valence-corrected chi connectivity index (χ0v) is 12.8. The van der Waals surface area contributed by atoms with Gasteiger partial charge in [-0.2, -0.15) is 0 Å². The highest BCUT2D eigenvalue weighted by Gasteiger charge is 2.28. The van der Waals surface area contributed by atoms with Crippen molar-refractivity contribution in [3.8, 4) is 0 Å². The van der Waals surface area contributed by atoms with E-state index in [1.54, 1.807) is 5.56 Å². The van der Waals surface area contributed by atoms with Crippen LogP contribution in [0.2, 0.25) is 0 Å². The maximum absolute atomic E-state index is 3.78. The van der Waals surface area contributed by atoms with Gasteiger partial charge in [-0.05, 0) is 68.5 Å². The highest BCUT2D eigenvalue weighted by atomic mass is 14.9. The molecule has 1 aliphatic rings. The summed E-state index contributed by atoms with van der Waals surface area (Å²) in [6, 6.07) is 9.62. The van der Waals surface area contributed by atoms with Crippen molar-refractivity contribution in [2.75, 3.05) is 6.54 Å². The zero-order chi connectivity index (χ0) is 13.7. The monoisotopic (exact) mass is 259 g/mol. The smallest absolute Gasteiger partial charge is 0.00987 e. The molecule has 0 spiro atoms. The molecular weight excluding hydrogens is 230 g/mol. The second kappa shape index (κ2) is 7.09. The summed E-state index contributed by atoms with van der Waals surface area (Å²) in [7, 11) is 0. The SMILES string of the molecule is CCCNC1CCC(C)CC1Cc1ccccc1C. The first-order valence-corrected chi connectivity index (χ1v) is 7.98. The Kier molecular flexibility index (Phi) is 5.45. The summed E-state index contributed by atoms with van der Waals surface area (Å²) in [5.41, 5.74) is 3.00. The van der Waals surface area contributed by atoms with Gasteiger partial charge in [0.25, 0.3) is 0 Å². The number of aryl methyl sites for hydroxylation is 1. The van der Waals surface area contributed by atoms with Gasteiger partial charge >= 0.3 is 0 Å². The van der Waals surface area contributed by atoms with Gasteiger partial charge in [-0.15, -0.1) is 0 Å². The zero-order valence-electron chi connectivity index (χ0n) is 12.8. The van der Waals surface area contributed by atoms with Crippen LogP contribution in [0, 0.1) is 18.8 Å². The first kappa shape index (κ1) is 14.6. The predicted octanol–water partition coefficient (Wildman–Crippen LogP) is 4.34. The summed E-state index contributed by atoms with van der Waals surface area (Å²) in [5, 5.41) is 3.78. The molecule has 0 radical (unpaired) electrons. The fourth-order valence-electron chi connectivity index (χ4n) is 3.44. The van der Waals surface area contributed by atoms with Crippen molar-refractivity contribution in [3.63, 3.8) is 0 Å². The molecule has 106 valence electrons. The number of hydrogen-bond acceptors (Lipinski definition) is 1. The molecule has 1 aromatic rings. The van der Waals surface area contributed by atoms with Gasteiger partial charge in [0.15, 0.2) is 0 Å². The highest BCUT2D eigenvalue weighted by molar-refractivity contribution is 5.26. The Morgan fingerprint density at radius 3 is 2.74 bits per heavy atom. The van der Waals surface area contributed by atoms with E-state index in [9.17, 15) is 0 Å². The molecule has 0 aromatic heterocycles. The second-order valence-corrected chi connectivity index (χ2v) is 6.37. The highest BCUT2D eigenvalue weighted by Crippen LogP contribution is 2.32. The molecule has 1 aliphatic carbocycles. The van der Waals surface area contributed by atoms with E-state index in [0.29, 0.717) is 0 Å². The van der Waals surface area contributed by atoms with Gasteiger partial charge in [0, 0.05) is 6.04 Å². The van der Waals surface area contributed by atoms with Crippen LogP contribution < -0.4 is 5.32 Å². The minimum Gasteiger partial charge on any atom is -0.314 e. The van der Waals surface area contributed by atoms with Gasteiger partial charge in [-0.3, -0.25) is 0 Å². The molecule has 1 nitrogen and oxygen atoms in total. The molecule has 0 heterocycles. The van der Waals surface area contributed by atoms with Crippen LogP contribution in [0.1, 0.15) is 50.7 Å². The lowest BCUT2D eigenvalue weighted by atomic mass is 9.75. The van der Waals surface area contributed by atoms with E-state index in [-0.39, 0.29) is 0 Å². The van der Waals surface area contributed by atoms with Gasteiger partial charge in [0.05, 0.1) is 0 Å². The number of hydrogen-bond donors (Lipinski definition) is 1. The van der Waals surface area contributed by atoms with Crippen LogP contribution in [0.3, 0.4) is 0 Å². The van der Waals surface area contributed by atoms with Gasteiger partial charge in [-0.1, -0.05) is 38.1 Å². The topological polar surface area (TPSA) is 12.0 Å². The minimum atomic E-state index is 0.732. The molecule has 1 N–H and O–H groups in total. The molecule has 0 amide bonds. The molecule has 3 atom stereocenters. The van der Waals surface area contributed by atoms with E-state index in [4.69, 9.17) is 0 Å². The Hall–Kier alpha value is -0.820. The summed E-state index contributed by atoms with van der Waals surface area (Å²) < 4.78 is 0. The quantitative estimate of drug-likeness (QED) is 0.829. The Labute approximate surface area is 118 Å². The Bertz CT molecular complexity index is 383. The van der Waals surface area contributed by atoms with Crippen molar-refractivity contribution in [1.82, 2.24) is 5.32 Å². The van der Waals surface area contributed by atoms with Crippen LogP contribution in [0.15, 0.2) is 24.3 Å². The third kappa shape index (κ3) is 4.07. The number of benzene rings is 1. The third-order valence-corrected chi connectivity index (χ3v) is 4.64. The first-order chi connectivity index (χ1) is 9.20. The molecule has 1 fully saturated rings. The summed E-state index contributed by atoms with van der Waals surface area (Å²) in [5.74, 6) is 1.71. The Morgan fingerprint density at radius 1 is 1.21 bits per heavy atom. The maximum atomic E-state index is 3.78. The third-order valence-electron chi connectivity index (χ3n) is 4.64. The fourth-order valence-corrected chi connectivity index (χ4v) is 3.44. The van der Waals surface area contributed by atoms with Crippen molar-refractivity contribution in [1.29, 1.82) is 0 Å². The molecule has 0 saturated heterocycles. The maximum Gasteiger partial charge on any atom is 0.00987 e. The van der Waals surface area contributed by atoms with Crippen LogP contribution in [-0.2, 0) is 6.42 Å². The average molecular weight is 259 g/mol. The summed E-state index contributed by atoms with van der Waals surface area (Å²) in [6.07, 6.45) is 6.63. The van der Waals surface area contributed by atoms with Gasteiger partial charge in [0.2, 0.25) is 0 Å². The molecule has 1 heteroatoms. The first-order valence-electron chi connectivity index (χ1n) is 7.98. The van der Waals surface area contributed by atoms with Crippen molar-refractivity contribution in [2.45, 2.75) is 58.9 Å². The Morgan fingerprint density at radius 2 is 2.00 bits per heavy atom. The lowest BCUT2D eigenvalue weighted by molar-refractivity contribution is 0.212. The molecule has 19 heavy (non-hydrogen) atoms. The number of rotatable bonds is 5. The molecule has 0 bridgehead atoms. The molecular formula is C18H29N. The minimum absolute atomic E-state index is 0.732. The average Bonchev–Trinajstić information content (AvgIpc) is 2.40. The summed E-state index contributed by atoms with van der Waals surface area (Å²) >= 11 is 0. The molecule has 1 saturated carbocycles. The molecule has 0 aliphatic heterocycles. The van der Waals surface area contributed by atoms with Crippen LogP contribution >= 0.6 is 0 Å². The van der Waals surface area contributed by atoms with Gasteiger partial charge in [0.1, 0.15) is 0 Å². The van der Waals surface area contributed by atoms with E-state index in [1.807, 2.05) is 0 Å². The van der Waals surface area contributed by atoms with Gasteiger partial charge in [-0.25, -0.2) is 0 Å². The molecule has 2 rings (SSSR count). The van der Waals surface area contributed by atoms with E-state index >= 15 is 0 Å². The molecule has 3 unspecified atom stereocenters. The molecule has 1 aromatic carbocycles. The van der Waals surface area contributed by atoms with Crippen LogP contribution in [0.4, 0.5) is 0 Å². The van der Waals surface area contributed by atoms with Crippen molar-refractivity contribution in [2.24, 2.45) is 11.8 Å². The predicted molar refractivity (Wildman–Crippen MR) is 83.5 cm³/mol. The van der Waals surface area contributed by atoms with Crippen LogP contribution in [-0.4, -0.2) is 12.6 Å². The lowest BCUT2D eigenvalue weighted by Gasteiger charge is -2.36. The van der Waals surface area contributed by atoms with Gasteiger partial charge < -0.3 is 5.32 Å². The second-order valence-electron chi connectivity index (χ2n) is 6.37. The Balaban J connectivity index is 2.03. The summed E-state index contributed by atoms with van der Waals surface area (Å²) in [4.78, 5) is 0. The lowest BCUT2D eigenvalue weighted by Crippen LogP contribution is -2.41. The van der Waals surface area contributed by atoms with Crippen molar-refractivity contribution >= 4 is 0 Å². The van der Waals surface area contributed by atoms with Crippen LogP contribution in [0.5, 0.6) is 0 Å². The van der Waals surface area contributed by atoms with Crippen LogP contribution in [0.25, 0.3) is 0 Å². The fraction of sp³-hybridized carbons (Fsp3) is 0.667. The normalized spacial score (nSPS) is 27.4. The van der Waals surface area contributed by atoms with E-state index in [0.717, 1.165) is 17.9 Å². The largest absolute Gasteiger partial charge is 0.314 e. The van der Waals surface area contributed by atoms with Crippen molar-refractivity contribution in [3.05, 3.63) is 35.4 Å². The van der Waals surface area contributed by atoms with Crippen molar-refractivity contribution < 1.29 is 0 Å². The summed E-state index contributed by atoms with van der Waals surface area (Å²) in [6.45, 7) is 8.09. The standard InChI is InChI=1S/C18H29N/c1-4-11-19-18-10-9-14(2)12-17(18)13-16-8-6-5-7-15(16)3/h5-8,14,17-19H,4,9-13H2,1-3H3. The number of nitrogens with one attached hydrogen (secondary N) is 1.